The van der Waals surface area contributed by atoms with Crippen molar-refractivity contribution in [3.05, 3.63) is 64.2 Å². The molecule has 0 aliphatic heterocycles. The van der Waals surface area contributed by atoms with Gasteiger partial charge in [-0.1, -0.05) is 36.4 Å². The number of carbonyl (C=O) groups excluding carboxylic acids is 1. The molecular weight excluding hydrogens is 258 g/mol. The number of aryl methyl sites for hydroxylation is 4. The second-order valence-corrected chi connectivity index (χ2v) is 6.19. The van der Waals surface area contributed by atoms with E-state index in [0.717, 1.165) is 16.7 Å². The molecule has 0 saturated heterocycles. The van der Waals surface area contributed by atoms with E-state index in [4.69, 9.17) is 0 Å². The van der Waals surface area contributed by atoms with E-state index in [1.54, 1.807) is 0 Å². The molecule has 0 aromatic heterocycles. The normalized spacial score (nSPS) is 10.6. The topological polar surface area (TPSA) is 17.1 Å². The van der Waals surface area contributed by atoms with Crippen LogP contribution >= 0.6 is 8.58 Å². The van der Waals surface area contributed by atoms with E-state index in [-0.39, 0.29) is 33.0 Å². The Morgan fingerprint density at radius 1 is 0.800 bits per heavy atom. The Labute approximate surface area is 135 Å². The maximum Gasteiger partial charge on any atom is 0.186 e. The molecule has 0 N–H and O–H groups in total. The second kappa shape index (κ2) is 7.23. The SMILES string of the molecule is Cc1cccc(C)c1PC(=O)c1c(C)cccc1C.[Li]. The van der Waals surface area contributed by atoms with Crippen molar-refractivity contribution in [2.45, 2.75) is 27.7 Å². The molecule has 99 valence electrons. The van der Waals surface area contributed by atoms with E-state index in [1.807, 2.05) is 38.1 Å². The molecule has 0 amide bonds. The van der Waals surface area contributed by atoms with Gasteiger partial charge in [-0.2, -0.15) is 0 Å². The molecule has 2 aromatic carbocycles. The van der Waals surface area contributed by atoms with Crippen LogP contribution < -0.4 is 5.30 Å². The summed E-state index contributed by atoms with van der Waals surface area (Å²) in [6, 6.07) is 12.2. The molecule has 2 rings (SSSR count). The minimum Gasteiger partial charge on any atom is -0.289 e. The molecule has 2 aromatic rings. The minimum atomic E-state index is 0. The zero-order valence-corrected chi connectivity index (χ0v) is 13.9. The zero-order chi connectivity index (χ0) is 14.0. The van der Waals surface area contributed by atoms with E-state index < -0.39 is 0 Å². The molecule has 1 atom stereocenters. The minimum absolute atomic E-state index is 0. The summed E-state index contributed by atoms with van der Waals surface area (Å²) in [6.45, 7) is 8.17. The molecule has 1 radical (unpaired) electrons. The molecule has 0 saturated carbocycles. The van der Waals surface area contributed by atoms with Crippen LogP contribution in [0.25, 0.3) is 0 Å². The van der Waals surface area contributed by atoms with Crippen molar-refractivity contribution in [2.24, 2.45) is 0 Å². The van der Waals surface area contributed by atoms with E-state index in [1.165, 1.54) is 16.4 Å². The number of hydrogen-bond acceptors (Lipinski definition) is 1. The Balaban J connectivity index is 0.00000200. The van der Waals surface area contributed by atoms with Crippen molar-refractivity contribution in [3.63, 3.8) is 0 Å². The van der Waals surface area contributed by atoms with Crippen LogP contribution in [0.5, 0.6) is 0 Å². The van der Waals surface area contributed by atoms with Gasteiger partial charge in [0.25, 0.3) is 0 Å². The summed E-state index contributed by atoms with van der Waals surface area (Å²) in [6.07, 6.45) is 0. The molecule has 20 heavy (non-hydrogen) atoms. The molecule has 1 unspecified atom stereocenters. The fraction of sp³-hybridized carbons (Fsp3) is 0.235. The largest absolute Gasteiger partial charge is 0.289 e. The first-order chi connectivity index (χ1) is 9.00. The summed E-state index contributed by atoms with van der Waals surface area (Å²) in [5.74, 6) is 0. The van der Waals surface area contributed by atoms with E-state index in [9.17, 15) is 4.79 Å². The Kier molecular flexibility index (Phi) is 6.22. The third kappa shape index (κ3) is 3.61. The predicted octanol–water partition coefficient (Wildman–Crippen LogP) is 3.68. The Bertz CT molecular complexity index is 594. The van der Waals surface area contributed by atoms with Crippen LogP contribution in [0.1, 0.15) is 32.6 Å². The second-order valence-electron chi connectivity index (χ2n) is 4.99. The Hall–Kier alpha value is -0.863. The standard InChI is InChI=1S/C17H19OP.Li/c1-11-7-5-8-12(2)15(11)17(18)19-16-13(3)9-6-10-14(16)4;/h5-10,19H,1-4H3;. The monoisotopic (exact) mass is 277 g/mol. The molecule has 0 aliphatic carbocycles. The maximum atomic E-state index is 12.6. The Morgan fingerprint density at radius 2 is 1.20 bits per heavy atom. The number of hydrogen-bond donors (Lipinski definition) is 0. The van der Waals surface area contributed by atoms with E-state index >= 15 is 0 Å². The summed E-state index contributed by atoms with van der Waals surface area (Å²) >= 11 is 0. The van der Waals surface area contributed by atoms with E-state index in [2.05, 4.69) is 26.0 Å². The van der Waals surface area contributed by atoms with Crippen LogP contribution in [0.3, 0.4) is 0 Å². The van der Waals surface area contributed by atoms with Gasteiger partial charge in [-0.05, 0) is 63.8 Å². The average Bonchev–Trinajstić information content (AvgIpc) is 2.34. The molecule has 3 heteroatoms. The van der Waals surface area contributed by atoms with Crippen LogP contribution in [0.4, 0.5) is 0 Å². The van der Waals surface area contributed by atoms with Gasteiger partial charge in [0.1, 0.15) is 0 Å². The quantitative estimate of drug-likeness (QED) is 0.618. The van der Waals surface area contributed by atoms with Crippen LogP contribution in [0.15, 0.2) is 36.4 Å². The summed E-state index contributed by atoms with van der Waals surface area (Å²) in [7, 11) is 0.207. The predicted molar refractivity (Wildman–Crippen MR) is 89.9 cm³/mol. The van der Waals surface area contributed by atoms with Crippen LogP contribution in [-0.4, -0.2) is 24.4 Å². The average molecular weight is 277 g/mol. The Morgan fingerprint density at radius 3 is 1.65 bits per heavy atom. The fourth-order valence-corrected chi connectivity index (χ4v) is 3.67. The van der Waals surface area contributed by atoms with Gasteiger partial charge < -0.3 is 0 Å². The van der Waals surface area contributed by atoms with Crippen LogP contribution in [0, 0.1) is 27.7 Å². The first kappa shape index (κ1) is 17.2. The molecule has 0 fully saturated rings. The van der Waals surface area contributed by atoms with Crippen molar-refractivity contribution in [3.8, 4) is 0 Å². The number of benzene rings is 2. The molecule has 1 nitrogen and oxygen atoms in total. The molecular formula is C17H19LiOP. The number of rotatable bonds is 3. The smallest absolute Gasteiger partial charge is 0.186 e. The fourth-order valence-electron chi connectivity index (χ4n) is 2.36. The first-order valence-electron chi connectivity index (χ1n) is 6.44. The van der Waals surface area contributed by atoms with Gasteiger partial charge in [0.2, 0.25) is 0 Å². The van der Waals surface area contributed by atoms with Crippen molar-refractivity contribution >= 4 is 38.3 Å². The molecule has 0 heterocycles. The molecule has 0 bridgehead atoms. The van der Waals surface area contributed by atoms with Crippen molar-refractivity contribution < 1.29 is 4.79 Å². The van der Waals surface area contributed by atoms with Crippen molar-refractivity contribution in [1.82, 2.24) is 0 Å². The number of carbonyl (C=O) groups is 1. The third-order valence-corrected chi connectivity index (χ3v) is 4.94. The van der Waals surface area contributed by atoms with Crippen LogP contribution in [-0.2, 0) is 0 Å². The van der Waals surface area contributed by atoms with Crippen molar-refractivity contribution in [2.75, 3.05) is 0 Å². The van der Waals surface area contributed by atoms with Gasteiger partial charge in [-0.15, -0.1) is 0 Å². The third-order valence-electron chi connectivity index (χ3n) is 3.43. The van der Waals surface area contributed by atoms with Gasteiger partial charge in [0, 0.05) is 24.4 Å². The maximum absolute atomic E-state index is 12.6. The molecule has 0 spiro atoms. The zero-order valence-electron chi connectivity index (χ0n) is 12.9. The van der Waals surface area contributed by atoms with E-state index in [0.29, 0.717) is 0 Å². The van der Waals surface area contributed by atoms with Gasteiger partial charge in [0.05, 0.1) is 0 Å². The first-order valence-corrected chi connectivity index (χ1v) is 7.44. The summed E-state index contributed by atoms with van der Waals surface area (Å²) < 4.78 is 0. The van der Waals surface area contributed by atoms with Gasteiger partial charge in [-0.25, -0.2) is 0 Å². The summed E-state index contributed by atoms with van der Waals surface area (Å²) in [4.78, 5) is 12.6. The summed E-state index contributed by atoms with van der Waals surface area (Å²) in [5, 5.41) is 1.19. The van der Waals surface area contributed by atoms with Crippen molar-refractivity contribution in [1.29, 1.82) is 0 Å². The van der Waals surface area contributed by atoms with Gasteiger partial charge in [0.15, 0.2) is 5.52 Å². The van der Waals surface area contributed by atoms with Gasteiger partial charge in [-0.3, -0.25) is 4.79 Å². The summed E-state index contributed by atoms with van der Waals surface area (Å²) in [5.41, 5.74) is 5.69. The molecule has 0 aliphatic rings. The van der Waals surface area contributed by atoms with Crippen LogP contribution in [0.2, 0.25) is 0 Å². The van der Waals surface area contributed by atoms with Gasteiger partial charge >= 0.3 is 0 Å².